The molecule has 3 aromatic rings. The van der Waals surface area contributed by atoms with E-state index in [4.69, 9.17) is 37.6 Å². The number of phenols is 3. The molecule has 0 saturated carbocycles. The van der Waals surface area contributed by atoms with Crippen LogP contribution >= 0.6 is 0 Å². The standard InChI is InChI=1S/C33H40O21/c1-47-11-5-14(37)19-16(6-11)50-28(10-2-3-12(35)13(36)4-10)30(23(19)42)54-33-27(46)29(53-32-25(44)20(39)15(38)8-48-32)22(41)18(52-33)9-49-31-26(45)24(43)21(40)17(7-34)51-31/h2-6,15,17-18,20-22,24-27,29,31-41,43-46H,7-9H2,1H3/t15-,17-,18-,20-,21+,22+,24+,25-,26-,27+,29+,31-,32-,33+/m1/s1. The summed E-state index contributed by atoms with van der Waals surface area (Å²) in [5.74, 6) is -2.86. The number of hydrogen-bond acceptors (Lipinski definition) is 21. The second kappa shape index (κ2) is 16.1. The molecule has 0 aliphatic carbocycles. The summed E-state index contributed by atoms with van der Waals surface area (Å²) in [6, 6.07) is 5.69. The Morgan fingerprint density at radius 1 is 0.741 bits per heavy atom. The minimum absolute atomic E-state index is 0.0616. The topological polar surface area (TPSA) is 338 Å². The van der Waals surface area contributed by atoms with Crippen LogP contribution in [0.1, 0.15) is 0 Å². The molecular weight excluding hydrogens is 732 g/mol. The lowest BCUT2D eigenvalue weighted by atomic mass is 9.97. The van der Waals surface area contributed by atoms with Gasteiger partial charge in [0.1, 0.15) is 89.6 Å². The molecule has 0 amide bonds. The van der Waals surface area contributed by atoms with Crippen molar-refractivity contribution in [2.45, 2.75) is 86.0 Å². The predicted octanol–water partition coefficient (Wildman–Crippen LogP) is -3.95. The van der Waals surface area contributed by atoms with Gasteiger partial charge in [0.25, 0.3) is 0 Å². The first-order valence-electron chi connectivity index (χ1n) is 16.5. The van der Waals surface area contributed by atoms with Crippen LogP contribution < -0.4 is 14.9 Å². The molecule has 21 nitrogen and oxygen atoms in total. The van der Waals surface area contributed by atoms with Crippen LogP contribution in [0.3, 0.4) is 0 Å². The number of ether oxygens (including phenoxy) is 7. The van der Waals surface area contributed by atoms with Crippen molar-refractivity contribution >= 4 is 11.0 Å². The number of hydrogen-bond donors (Lipinski definition) is 12. The first-order valence-corrected chi connectivity index (χ1v) is 16.5. The van der Waals surface area contributed by atoms with E-state index in [1.54, 1.807) is 0 Å². The Kier molecular flexibility index (Phi) is 11.8. The van der Waals surface area contributed by atoms with E-state index in [-0.39, 0.29) is 16.9 Å². The van der Waals surface area contributed by atoms with E-state index >= 15 is 0 Å². The minimum Gasteiger partial charge on any atom is -0.507 e. The predicted molar refractivity (Wildman–Crippen MR) is 173 cm³/mol. The van der Waals surface area contributed by atoms with Gasteiger partial charge in [-0.15, -0.1) is 0 Å². The maximum atomic E-state index is 14.1. The van der Waals surface area contributed by atoms with Gasteiger partial charge in [0.2, 0.25) is 17.5 Å². The molecule has 298 valence electrons. The van der Waals surface area contributed by atoms with Crippen molar-refractivity contribution in [3.05, 3.63) is 40.6 Å². The van der Waals surface area contributed by atoms with Gasteiger partial charge in [-0.05, 0) is 18.2 Å². The smallest absolute Gasteiger partial charge is 0.239 e. The van der Waals surface area contributed by atoms with Gasteiger partial charge < -0.3 is 98.9 Å². The van der Waals surface area contributed by atoms with Crippen molar-refractivity contribution in [1.82, 2.24) is 0 Å². The van der Waals surface area contributed by atoms with Crippen LogP contribution in [-0.4, -0.2) is 174 Å². The zero-order valence-electron chi connectivity index (χ0n) is 28.1. The molecule has 3 aliphatic rings. The summed E-state index contributed by atoms with van der Waals surface area (Å²) in [7, 11) is 1.29. The van der Waals surface area contributed by atoms with E-state index in [9.17, 15) is 66.1 Å². The molecule has 54 heavy (non-hydrogen) atoms. The molecule has 3 saturated heterocycles. The van der Waals surface area contributed by atoms with Crippen LogP contribution in [0.2, 0.25) is 0 Å². The summed E-state index contributed by atoms with van der Waals surface area (Å²) in [6.07, 6.45) is -25.1. The monoisotopic (exact) mass is 772 g/mol. The zero-order chi connectivity index (χ0) is 39.2. The summed E-state index contributed by atoms with van der Waals surface area (Å²) in [6.45, 7) is -2.08. The maximum absolute atomic E-state index is 14.1. The van der Waals surface area contributed by atoms with Gasteiger partial charge in [-0.3, -0.25) is 4.79 Å². The van der Waals surface area contributed by atoms with E-state index in [1.807, 2.05) is 0 Å². The van der Waals surface area contributed by atoms with Gasteiger partial charge in [-0.25, -0.2) is 0 Å². The summed E-state index contributed by atoms with van der Waals surface area (Å²) >= 11 is 0. The van der Waals surface area contributed by atoms with Gasteiger partial charge in [-0.2, -0.15) is 0 Å². The Bertz CT molecular complexity index is 1830. The fourth-order valence-electron chi connectivity index (χ4n) is 6.20. The Hall–Kier alpha value is -3.91. The molecule has 0 spiro atoms. The van der Waals surface area contributed by atoms with Gasteiger partial charge >= 0.3 is 0 Å². The van der Waals surface area contributed by atoms with Gasteiger partial charge in [0.05, 0.1) is 26.9 Å². The van der Waals surface area contributed by atoms with Gasteiger partial charge in [0.15, 0.2) is 29.8 Å². The third-order valence-electron chi connectivity index (χ3n) is 9.27. The summed E-state index contributed by atoms with van der Waals surface area (Å²) in [4.78, 5) is 14.1. The largest absolute Gasteiger partial charge is 0.507 e. The third-order valence-corrected chi connectivity index (χ3v) is 9.27. The van der Waals surface area contributed by atoms with Crippen molar-refractivity contribution in [2.24, 2.45) is 0 Å². The average Bonchev–Trinajstić information content (AvgIpc) is 3.15. The molecule has 6 rings (SSSR count). The molecule has 1 aromatic heterocycles. The Labute approximate surface area is 303 Å². The first-order chi connectivity index (χ1) is 25.6. The highest BCUT2D eigenvalue weighted by molar-refractivity contribution is 5.88. The highest BCUT2D eigenvalue weighted by Crippen LogP contribution is 2.40. The second-order valence-corrected chi connectivity index (χ2v) is 12.8. The summed E-state index contributed by atoms with van der Waals surface area (Å²) < 4.78 is 44.7. The number of fused-ring (bicyclic) bond motifs is 1. The molecule has 12 N–H and O–H groups in total. The lowest BCUT2D eigenvalue weighted by Crippen LogP contribution is -2.64. The molecule has 4 heterocycles. The molecule has 21 heteroatoms. The minimum atomic E-state index is -2.09. The fourth-order valence-corrected chi connectivity index (χ4v) is 6.20. The zero-order valence-corrected chi connectivity index (χ0v) is 28.1. The van der Waals surface area contributed by atoms with Crippen molar-refractivity contribution in [3.8, 4) is 40.1 Å². The molecule has 3 fully saturated rings. The molecular formula is C33H40O21. The van der Waals surface area contributed by atoms with E-state index in [1.165, 1.54) is 19.2 Å². The third kappa shape index (κ3) is 7.52. The van der Waals surface area contributed by atoms with Crippen LogP contribution in [0, 0.1) is 0 Å². The highest BCUT2D eigenvalue weighted by Gasteiger charge is 2.51. The van der Waals surface area contributed by atoms with E-state index < -0.39 is 145 Å². The van der Waals surface area contributed by atoms with Crippen LogP contribution in [0.5, 0.6) is 28.7 Å². The Balaban J connectivity index is 1.38. The number of phenolic OH excluding ortho intramolecular Hbond substituents is 3. The van der Waals surface area contributed by atoms with E-state index in [2.05, 4.69) is 0 Å². The number of methoxy groups -OCH3 is 1. The summed E-state index contributed by atoms with van der Waals surface area (Å²) in [5, 5.41) is 124. The number of aromatic hydroxyl groups is 3. The SMILES string of the molecule is COc1cc(O)c2c(=O)c(O[C@@H]3O[C@H](CO[C@@H]4O[C@H](CO)[C@H](O)[C@H](O)[C@H]4O)[C@H](O)[C@H](O[C@H]4OC[C@@H](O)[C@@H](O)[C@H]4O)[C@@H]3O)c(-c3ccc(O)c(O)c3)oc2c1. The van der Waals surface area contributed by atoms with Crippen molar-refractivity contribution < 1.29 is 98.9 Å². The first kappa shape index (κ1) is 39.8. The summed E-state index contributed by atoms with van der Waals surface area (Å²) in [5.41, 5.74) is -1.33. The van der Waals surface area contributed by atoms with Crippen molar-refractivity contribution in [2.75, 3.05) is 26.9 Å². The lowest BCUT2D eigenvalue weighted by Gasteiger charge is -2.45. The molecule has 14 atom stereocenters. The molecule has 0 unspecified atom stereocenters. The quantitative estimate of drug-likeness (QED) is 0.0875. The van der Waals surface area contributed by atoms with Crippen LogP contribution in [-0.2, 0) is 23.7 Å². The van der Waals surface area contributed by atoms with Crippen molar-refractivity contribution in [1.29, 1.82) is 0 Å². The Morgan fingerprint density at radius 2 is 1.44 bits per heavy atom. The molecule has 3 aliphatic heterocycles. The lowest BCUT2D eigenvalue weighted by molar-refractivity contribution is -0.349. The van der Waals surface area contributed by atoms with Crippen LogP contribution in [0.25, 0.3) is 22.3 Å². The van der Waals surface area contributed by atoms with E-state index in [0.717, 1.165) is 18.2 Å². The van der Waals surface area contributed by atoms with Gasteiger partial charge in [0, 0.05) is 17.7 Å². The number of rotatable bonds is 10. The van der Waals surface area contributed by atoms with Gasteiger partial charge in [-0.1, -0.05) is 0 Å². The number of benzene rings is 2. The number of aliphatic hydroxyl groups excluding tert-OH is 9. The Morgan fingerprint density at radius 3 is 2.13 bits per heavy atom. The fraction of sp³-hybridized carbons (Fsp3) is 0.545. The maximum Gasteiger partial charge on any atom is 0.239 e. The average molecular weight is 773 g/mol. The normalized spacial score (nSPS) is 35.9. The molecule has 0 radical (unpaired) electrons. The number of aliphatic hydroxyl groups is 9. The van der Waals surface area contributed by atoms with Crippen LogP contribution in [0.4, 0.5) is 0 Å². The molecule has 0 bridgehead atoms. The highest BCUT2D eigenvalue weighted by atomic mass is 16.7. The molecule has 2 aromatic carbocycles. The second-order valence-electron chi connectivity index (χ2n) is 12.8. The van der Waals surface area contributed by atoms with E-state index in [0.29, 0.717) is 0 Å². The van der Waals surface area contributed by atoms with Crippen molar-refractivity contribution in [3.63, 3.8) is 0 Å². The van der Waals surface area contributed by atoms with Crippen LogP contribution in [0.15, 0.2) is 39.5 Å².